The molecule has 0 aliphatic heterocycles. The largest absolute Gasteiger partial charge is 0.396 e. The van der Waals surface area contributed by atoms with Crippen LogP contribution >= 0.6 is 0 Å². The standard InChI is InChI=1S/C16H25N3O/c1-2-17-12-14-13-19(10-5-3-4-6-11-20)16-15(14)8-7-9-18-16/h7-9,13,17,20H,2-6,10-12H2,1H3. The van der Waals surface area contributed by atoms with Gasteiger partial charge in [-0.1, -0.05) is 19.8 Å². The lowest BCUT2D eigenvalue weighted by Crippen LogP contribution is -2.11. The van der Waals surface area contributed by atoms with E-state index in [1.54, 1.807) is 0 Å². The SMILES string of the molecule is CCNCc1cn(CCCCCCO)c2ncccc12. The molecule has 2 N–H and O–H groups in total. The molecule has 4 nitrogen and oxygen atoms in total. The Morgan fingerprint density at radius 2 is 2.10 bits per heavy atom. The van der Waals surface area contributed by atoms with E-state index in [9.17, 15) is 0 Å². The first kappa shape index (κ1) is 15.0. The van der Waals surface area contributed by atoms with Crippen molar-refractivity contribution in [2.24, 2.45) is 0 Å². The number of nitrogens with one attached hydrogen (secondary N) is 1. The molecule has 2 aromatic rings. The van der Waals surface area contributed by atoms with Crippen LogP contribution in [0.5, 0.6) is 0 Å². The van der Waals surface area contributed by atoms with Gasteiger partial charge in [-0.05, 0) is 37.1 Å². The number of aryl methyl sites for hydroxylation is 1. The molecule has 0 atom stereocenters. The number of nitrogens with zero attached hydrogens (tertiary/aromatic N) is 2. The number of fused-ring (bicyclic) bond motifs is 1. The fourth-order valence-electron chi connectivity index (χ4n) is 2.51. The van der Waals surface area contributed by atoms with Gasteiger partial charge in [-0.15, -0.1) is 0 Å². The molecule has 2 rings (SSSR count). The van der Waals surface area contributed by atoms with Crippen molar-refractivity contribution < 1.29 is 5.11 Å². The van der Waals surface area contributed by atoms with Crippen molar-refractivity contribution in [1.82, 2.24) is 14.9 Å². The minimum absolute atomic E-state index is 0.306. The van der Waals surface area contributed by atoms with Crippen LogP contribution in [0, 0.1) is 0 Å². The second kappa shape index (κ2) is 8.02. The second-order valence-corrected chi connectivity index (χ2v) is 5.14. The molecule has 0 bridgehead atoms. The van der Waals surface area contributed by atoms with Crippen molar-refractivity contribution in [2.45, 2.75) is 45.7 Å². The van der Waals surface area contributed by atoms with Gasteiger partial charge in [0.25, 0.3) is 0 Å². The van der Waals surface area contributed by atoms with Crippen molar-refractivity contribution in [3.8, 4) is 0 Å². The highest BCUT2D eigenvalue weighted by atomic mass is 16.2. The number of aromatic nitrogens is 2. The van der Waals surface area contributed by atoms with Gasteiger partial charge in [0, 0.05) is 37.5 Å². The summed E-state index contributed by atoms with van der Waals surface area (Å²) in [5.74, 6) is 0. The molecule has 110 valence electrons. The highest BCUT2D eigenvalue weighted by Gasteiger charge is 2.08. The van der Waals surface area contributed by atoms with Crippen LogP contribution in [-0.4, -0.2) is 27.8 Å². The van der Waals surface area contributed by atoms with Gasteiger partial charge in [0.15, 0.2) is 0 Å². The zero-order valence-electron chi connectivity index (χ0n) is 12.3. The summed E-state index contributed by atoms with van der Waals surface area (Å²) in [6.07, 6.45) is 8.41. The molecule has 0 radical (unpaired) electrons. The van der Waals surface area contributed by atoms with Crippen molar-refractivity contribution in [3.05, 3.63) is 30.1 Å². The Balaban J connectivity index is 2.04. The predicted octanol–water partition coefficient (Wildman–Crippen LogP) is 2.70. The summed E-state index contributed by atoms with van der Waals surface area (Å²) in [5.41, 5.74) is 2.41. The van der Waals surface area contributed by atoms with Crippen molar-refractivity contribution in [2.75, 3.05) is 13.2 Å². The Morgan fingerprint density at radius 3 is 2.90 bits per heavy atom. The maximum absolute atomic E-state index is 8.79. The smallest absolute Gasteiger partial charge is 0.140 e. The average molecular weight is 275 g/mol. The van der Waals surface area contributed by atoms with Crippen molar-refractivity contribution >= 4 is 11.0 Å². The number of aliphatic hydroxyl groups excluding tert-OH is 1. The Bertz CT molecular complexity index is 521. The van der Waals surface area contributed by atoms with Crippen LogP contribution in [0.1, 0.15) is 38.2 Å². The Hall–Kier alpha value is -1.39. The van der Waals surface area contributed by atoms with Crippen LogP contribution in [-0.2, 0) is 13.1 Å². The number of aliphatic hydroxyl groups is 1. The molecular formula is C16H25N3O. The summed E-state index contributed by atoms with van der Waals surface area (Å²) >= 11 is 0. The molecule has 20 heavy (non-hydrogen) atoms. The maximum Gasteiger partial charge on any atom is 0.140 e. The summed E-state index contributed by atoms with van der Waals surface area (Å²) in [6, 6.07) is 4.15. The van der Waals surface area contributed by atoms with E-state index in [0.717, 1.165) is 51.0 Å². The molecule has 4 heteroatoms. The van der Waals surface area contributed by atoms with Gasteiger partial charge in [0.2, 0.25) is 0 Å². The fourth-order valence-corrected chi connectivity index (χ4v) is 2.51. The van der Waals surface area contributed by atoms with Gasteiger partial charge in [-0.25, -0.2) is 4.98 Å². The Morgan fingerprint density at radius 1 is 1.25 bits per heavy atom. The van der Waals surface area contributed by atoms with Crippen molar-refractivity contribution in [3.63, 3.8) is 0 Å². The van der Waals surface area contributed by atoms with E-state index >= 15 is 0 Å². The van der Waals surface area contributed by atoms with E-state index in [4.69, 9.17) is 5.11 Å². The highest BCUT2D eigenvalue weighted by Crippen LogP contribution is 2.20. The zero-order chi connectivity index (χ0) is 14.2. The summed E-state index contributed by atoms with van der Waals surface area (Å²) in [5, 5.41) is 13.4. The van der Waals surface area contributed by atoms with E-state index < -0.39 is 0 Å². The molecular weight excluding hydrogens is 250 g/mol. The van der Waals surface area contributed by atoms with Gasteiger partial charge < -0.3 is 15.0 Å². The Kier molecular flexibility index (Phi) is 6.02. The van der Waals surface area contributed by atoms with E-state index in [1.807, 2.05) is 12.3 Å². The normalized spacial score (nSPS) is 11.3. The van der Waals surface area contributed by atoms with Crippen molar-refractivity contribution in [1.29, 1.82) is 0 Å². The Labute approximate surface area is 120 Å². The summed E-state index contributed by atoms with van der Waals surface area (Å²) in [6.45, 7) is 5.31. The van der Waals surface area contributed by atoms with E-state index in [-0.39, 0.29) is 0 Å². The first-order valence-electron chi connectivity index (χ1n) is 7.61. The minimum Gasteiger partial charge on any atom is -0.396 e. The van der Waals surface area contributed by atoms with Gasteiger partial charge in [-0.2, -0.15) is 0 Å². The molecule has 0 unspecified atom stereocenters. The van der Waals surface area contributed by atoms with Crippen LogP contribution in [0.25, 0.3) is 11.0 Å². The van der Waals surface area contributed by atoms with E-state index in [0.29, 0.717) is 6.61 Å². The lowest BCUT2D eigenvalue weighted by molar-refractivity contribution is 0.282. The average Bonchev–Trinajstić information content (AvgIpc) is 2.83. The maximum atomic E-state index is 8.79. The molecule has 2 aromatic heterocycles. The molecule has 0 aliphatic rings. The van der Waals surface area contributed by atoms with E-state index in [2.05, 4.69) is 34.1 Å². The predicted molar refractivity (Wildman–Crippen MR) is 82.7 cm³/mol. The molecule has 0 saturated heterocycles. The topological polar surface area (TPSA) is 50.1 Å². The number of hydrogen-bond acceptors (Lipinski definition) is 3. The van der Waals surface area contributed by atoms with Gasteiger partial charge >= 0.3 is 0 Å². The molecule has 2 heterocycles. The van der Waals surface area contributed by atoms with Gasteiger partial charge in [0.1, 0.15) is 5.65 Å². The summed E-state index contributed by atoms with van der Waals surface area (Å²) in [7, 11) is 0. The third kappa shape index (κ3) is 3.81. The monoisotopic (exact) mass is 275 g/mol. The zero-order valence-corrected chi connectivity index (χ0v) is 12.3. The van der Waals surface area contributed by atoms with Crippen LogP contribution in [0.2, 0.25) is 0 Å². The third-order valence-electron chi connectivity index (χ3n) is 3.59. The fraction of sp³-hybridized carbons (Fsp3) is 0.562. The second-order valence-electron chi connectivity index (χ2n) is 5.14. The number of unbranched alkanes of at least 4 members (excludes halogenated alkanes) is 3. The number of rotatable bonds is 9. The number of pyridine rings is 1. The third-order valence-corrected chi connectivity index (χ3v) is 3.59. The van der Waals surface area contributed by atoms with Crippen LogP contribution in [0.3, 0.4) is 0 Å². The molecule has 0 amide bonds. The summed E-state index contributed by atoms with van der Waals surface area (Å²) < 4.78 is 2.26. The number of hydrogen-bond donors (Lipinski definition) is 2. The lowest BCUT2D eigenvalue weighted by atomic mass is 10.2. The molecule has 0 aliphatic carbocycles. The minimum atomic E-state index is 0.306. The summed E-state index contributed by atoms with van der Waals surface area (Å²) in [4.78, 5) is 4.52. The van der Waals surface area contributed by atoms with Crippen LogP contribution < -0.4 is 5.32 Å². The quantitative estimate of drug-likeness (QED) is 0.692. The first-order chi connectivity index (χ1) is 9.86. The van der Waals surface area contributed by atoms with Gasteiger partial charge in [-0.3, -0.25) is 0 Å². The highest BCUT2D eigenvalue weighted by molar-refractivity contribution is 5.80. The first-order valence-corrected chi connectivity index (χ1v) is 7.61. The molecule has 0 saturated carbocycles. The van der Waals surface area contributed by atoms with Crippen LogP contribution in [0.4, 0.5) is 0 Å². The van der Waals surface area contributed by atoms with Gasteiger partial charge in [0.05, 0.1) is 0 Å². The molecule has 0 spiro atoms. The van der Waals surface area contributed by atoms with E-state index in [1.165, 1.54) is 10.9 Å². The lowest BCUT2D eigenvalue weighted by Gasteiger charge is -2.04. The molecule has 0 aromatic carbocycles. The van der Waals surface area contributed by atoms with Crippen LogP contribution in [0.15, 0.2) is 24.5 Å². The molecule has 0 fully saturated rings.